The van der Waals surface area contributed by atoms with Crippen molar-refractivity contribution < 1.29 is 41.0 Å². The Balaban J connectivity index is 0.967. The largest absolute Gasteiger partial charge is 0.457 e. The molecule has 0 aliphatic heterocycles. The first-order valence-corrected chi connectivity index (χ1v) is 18.4. The summed E-state index contributed by atoms with van der Waals surface area (Å²) in [4.78, 5) is 25.3. The van der Waals surface area contributed by atoms with Crippen LogP contribution in [-0.2, 0) is 43.2 Å². The lowest BCUT2D eigenvalue weighted by molar-refractivity contribution is 0.0425. The van der Waals surface area contributed by atoms with E-state index >= 15 is 0 Å². The number of amides is 1. The molecule has 1 amide bonds. The summed E-state index contributed by atoms with van der Waals surface area (Å²) in [5.41, 5.74) is 4.97. The van der Waals surface area contributed by atoms with Crippen LogP contribution in [0.15, 0.2) is 95.4 Å². The van der Waals surface area contributed by atoms with Crippen LogP contribution in [0.25, 0.3) is 22.3 Å². The Hall–Kier alpha value is -4.88. The van der Waals surface area contributed by atoms with Crippen molar-refractivity contribution in [1.29, 1.82) is 0 Å². The molecule has 1 aromatic heterocycles. The van der Waals surface area contributed by atoms with E-state index in [0.717, 1.165) is 29.5 Å². The van der Waals surface area contributed by atoms with E-state index in [-0.39, 0.29) is 43.9 Å². The van der Waals surface area contributed by atoms with Crippen LogP contribution in [-0.4, -0.2) is 53.7 Å². The molecule has 2 N–H and O–H groups in total. The summed E-state index contributed by atoms with van der Waals surface area (Å²) in [5, 5.41) is 3.23. The van der Waals surface area contributed by atoms with Gasteiger partial charge in [0.2, 0.25) is 10.0 Å². The van der Waals surface area contributed by atoms with Gasteiger partial charge in [-0.05, 0) is 89.5 Å². The van der Waals surface area contributed by atoms with Crippen molar-refractivity contribution in [2.45, 2.75) is 37.7 Å². The third kappa shape index (κ3) is 9.47. The van der Waals surface area contributed by atoms with Gasteiger partial charge in [0.05, 0.1) is 43.3 Å². The van der Waals surface area contributed by atoms with Gasteiger partial charge in [-0.25, -0.2) is 22.3 Å². The van der Waals surface area contributed by atoms with Crippen molar-refractivity contribution in [1.82, 2.24) is 10.0 Å². The number of rotatable bonds is 17. The Bertz CT molecular complexity index is 2080. The number of esters is 1. The van der Waals surface area contributed by atoms with Gasteiger partial charge in [-0.15, -0.1) is 0 Å². The van der Waals surface area contributed by atoms with Crippen LogP contribution in [0, 0.1) is 5.82 Å². The minimum atomic E-state index is -3.73. The van der Waals surface area contributed by atoms with Gasteiger partial charge >= 0.3 is 5.97 Å². The Morgan fingerprint density at radius 3 is 2.27 bits per heavy atom. The summed E-state index contributed by atoms with van der Waals surface area (Å²) in [6.07, 6.45) is 1.85. The highest BCUT2D eigenvalue weighted by Crippen LogP contribution is 2.45. The van der Waals surface area contributed by atoms with E-state index in [2.05, 4.69) is 10.0 Å². The van der Waals surface area contributed by atoms with Gasteiger partial charge in [0.1, 0.15) is 23.8 Å². The Labute approximate surface area is 296 Å². The topological polar surface area (TPSA) is 133 Å². The number of ether oxygens (including phenoxy) is 3. The molecule has 0 spiro atoms. The first kappa shape index (κ1) is 35.9. The monoisotopic (exact) mass is 714 g/mol. The molecule has 266 valence electrons. The lowest BCUT2D eigenvalue weighted by Crippen LogP contribution is -2.29. The van der Waals surface area contributed by atoms with E-state index in [4.69, 9.17) is 18.6 Å². The van der Waals surface area contributed by atoms with E-state index in [9.17, 15) is 22.4 Å². The minimum Gasteiger partial charge on any atom is -0.457 e. The third-order valence-corrected chi connectivity index (χ3v) is 9.82. The zero-order chi connectivity index (χ0) is 35.8. The average molecular weight is 715 g/mol. The number of nitrogens with one attached hydrogen (secondary N) is 2. The first-order valence-electron chi connectivity index (χ1n) is 16.7. The summed E-state index contributed by atoms with van der Waals surface area (Å²) in [5.74, 6) is -0.932. The second kappa shape index (κ2) is 16.4. The second-order valence-electron chi connectivity index (χ2n) is 12.3. The van der Waals surface area contributed by atoms with Crippen molar-refractivity contribution in [2.24, 2.45) is 0 Å². The first-order chi connectivity index (χ1) is 24.7. The summed E-state index contributed by atoms with van der Waals surface area (Å²) >= 11 is 0. The lowest BCUT2D eigenvalue weighted by Gasteiger charge is -2.12. The van der Waals surface area contributed by atoms with Crippen LogP contribution in [0.1, 0.15) is 61.7 Å². The van der Waals surface area contributed by atoms with Gasteiger partial charge in [0, 0.05) is 24.5 Å². The number of hydrogen-bond acceptors (Lipinski definition) is 8. The van der Waals surface area contributed by atoms with Crippen molar-refractivity contribution >= 4 is 32.9 Å². The molecule has 1 heterocycles. The predicted molar refractivity (Wildman–Crippen MR) is 190 cm³/mol. The molecule has 4 aromatic carbocycles. The van der Waals surface area contributed by atoms with E-state index in [0.29, 0.717) is 52.2 Å². The van der Waals surface area contributed by atoms with Gasteiger partial charge in [-0.3, -0.25) is 4.79 Å². The Morgan fingerprint density at radius 1 is 0.863 bits per heavy atom. The number of benzene rings is 4. The van der Waals surface area contributed by atoms with Gasteiger partial charge in [0.15, 0.2) is 0 Å². The number of halogens is 1. The minimum absolute atomic E-state index is 0.0848. The third-order valence-electron chi connectivity index (χ3n) is 8.48. The van der Waals surface area contributed by atoms with Crippen LogP contribution < -0.4 is 10.0 Å². The number of carbonyl (C=O) groups excluding carboxylic acids is 2. The highest BCUT2D eigenvalue weighted by Gasteiger charge is 2.31. The van der Waals surface area contributed by atoms with Crippen LogP contribution >= 0.6 is 0 Å². The molecule has 5 aromatic rings. The SMILES string of the molecule is CNC(=O)c1c(-c2ccc(F)cc2)oc2cc(CS(=O)(=O)NCCOCCOCc3ccc(C(=O)OCc4ccccc4)cc3)c(C3CC3)cc12. The van der Waals surface area contributed by atoms with Crippen LogP contribution in [0.5, 0.6) is 0 Å². The van der Waals surface area contributed by atoms with Crippen molar-refractivity contribution in [3.05, 3.63) is 130 Å². The fourth-order valence-corrected chi connectivity index (χ4v) is 6.89. The van der Waals surface area contributed by atoms with E-state index < -0.39 is 21.8 Å². The fraction of sp³-hybridized carbons (Fsp3) is 0.282. The van der Waals surface area contributed by atoms with Crippen LogP contribution in [0.3, 0.4) is 0 Å². The summed E-state index contributed by atoms with van der Waals surface area (Å²) in [6, 6.07) is 25.7. The average Bonchev–Trinajstić information content (AvgIpc) is 3.92. The summed E-state index contributed by atoms with van der Waals surface area (Å²) in [7, 11) is -2.21. The molecule has 1 aliphatic carbocycles. The maximum atomic E-state index is 13.6. The van der Waals surface area contributed by atoms with Gasteiger partial charge < -0.3 is 23.9 Å². The fourth-order valence-electron chi connectivity index (χ4n) is 5.73. The van der Waals surface area contributed by atoms with Crippen molar-refractivity contribution in [2.75, 3.05) is 33.4 Å². The standard InChI is InChI=1S/C39H39FN2O8S/c1-41-38(43)36-34-22-33(28-11-12-28)31(21-35(34)50-37(36)29-13-15-32(40)16-14-29)25-51(45,46)42-17-18-47-19-20-48-23-27-7-9-30(10-8-27)39(44)49-24-26-5-3-2-4-6-26/h2-10,13-16,21-22,28,42H,11-12,17-20,23-25H2,1H3,(H,41,43). The summed E-state index contributed by atoms with van der Waals surface area (Å²) < 4.78 is 65.2. The number of fused-ring (bicyclic) bond motifs is 1. The van der Waals surface area contributed by atoms with Crippen LogP contribution in [0.2, 0.25) is 0 Å². The molecule has 0 saturated heterocycles. The Morgan fingerprint density at radius 2 is 1.57 bits per heavy atom. The highest BCUT2D eigenvalue weighted by molar-refractivity contribution is 7.88. The highest BCUT2D eigenvalue weighted by atomic mass is 32.2. The molecule has 10 nitrogen and oxygen atoms in total. The Kier molecular flexibility index (Phi) is 11.6. The molecule has 1 saturated carbocycles. The second-order valence-corrected chi connectivity index (χ2v) is 14.1. The molecular weight excluding hydrogens is 675 g/mol. The predicted octanol–water partition coefficient (Wildman–Crippen LogP) is 6.49. The zero-order valence-corrected chi connectivity index (χ0v) is 29.0. The molecule has 0 unspecified atom stereocenters. The van der Waals surface area contributed by atoms with E-state index in [1.54, 1.807) is 42.5 Å². The molecule has 0 radical (unpaired) electrons. The maximum absolute atomic E-state index is 13.6. The maximum Gasteiger partial charge on any atom is 0.338 e. The van der Waals surface area contributed by atoms with E-state index in [1.807, 2.05) is 36.4 Å². The molecule has 0 atom stereocenters. The number of furan rings is 1. The van der Waals surface area contributed by atoms with Crippen molar-refractivity contribution in [3.8, 4) is 11.3 Å². The quantitative estimate of drug-likeness (QED) is 0.0826. The lowest BCUT2D eigenvalue weighted by atomic mass is 9.98. The molecule has 1 fully saturated rings. The van der Waals surface area contributed by atoms with Crippen LogP contribution in [0.4, 0.5) is 4.39 Å². The van der Waals surface area contributed by atoms with Gasteiger partial charge in [0.25, 0.3) is 5.91 Å². The zero-order valence-electron chi connectivity index (χ0n) is 28.2. The van der Waals surface area contributed by atoms with Gasteiger partial charge in [-0.1, -0.05) is 42.5 Å². The number of carbonyl (C=O) groups is 2. The molecular formula is C39H39FN2O8S. The molecule has 12 heteroatoms. The summed E-state index contributed by atoms with van der Waals surface area (Å²) in [6.45, 7) is 1.36. The smallest absolute Gasteiger partial charge is 0.338 e. The molecule has 51 heavy (non-hydrogen) atoms. The normalized spacial score (nSPS) is 13.0. The van der Waals surface area contributed by atoms with Crippen molar-refractivity contribution in [3.63, 3.8) is 0 Å². The molecule has 6 rings (SSSR count). The van der Waals surface area contributed by atoms with E-state index in [1.165, 1.54) is 19.2 Å². The number of hydrogen-bond donors (Lipinski definition) is 2. The molecule has 1 aliphatic rings. The van der Waals surface area contributed by atoms with Gasteiger partial charge in [-0.2, -0.15) is 0 Å². The number of sulfonamides is 1. The molecule has 0 bridgehead atoms.